The van der Waals surface area contributed by atoms with E-state index >= 15 is 0 Å². The summed E-state index contributed by atoms with van der Waals surface area (Å²) in [6.45, 7) is 4.85. The van der Waals surface area contributed by atoms with Crippen molar-refractivity contribution in [2.24, 2.45) is 0 Å². The minimum atomic E-state index is -0.258. The highest BCUT2D eigenvalue weighted by Gasteiger charge is 2.27. The van der Waals surface area contributed by atoms with Gasteiger partial charge in [0.25, 0.3) is 5.91 Å². The number of anilines is 1. The van der Waals surface area contributed by atoms with E-state index in [1.165, 1.54) is 17.3 Å². The molecule has 2 N–H and O–H groups in total. The molecule has 7 heteroatoms. The zero-order valence-electron chi connectivity index (χ0n) is 21.3. The van der Waals surface area contributed by atoms with E-state index in [9.17, 15) is 4.79 Å². The summed E-state index contributed by atoms with van der Waals surface area (Å²) in [5.41, 5.74) is 3.80. The first-order chi connectivity index (χ1) is 18.5. The topological polar surface area (TPSA) is 59.6 Å². The van der Waals surface area contributed by atoms with Crippen molar-refractivity contribution in [2.75, 3.05) is 11.9 Å². The van der Waals surface area contributed by atoms with Gasteiger partial charge in [0.05, 0.1) is 16.5 Å². The summed E-state index contributed by atoms with van der Waals surface area (Å²) in [5.74, 6) is 0.895. The molecular formula is C31H29ClN2O3S. The van der Waals surface area contributed by atoms with E-state index in [0.717, 1.165) is 34.0 Å². The molecule has 0 bridgehead atoms. The average Bonchev–Trinajstić information content (AvgIpc) is 3.26. The molecule has 1 atom stereocenters. The number of ether oxygens (including phenoxy) is 2. The Morgan fingerprint density at radius 2 is 1.79 bits per heavy atom. The van der Waals surface area contributed by atoms with Crippen molar-refractivity contribution in [3.63, 3.8) is 0 Å². The zero-order chi connectivity index (χ0) is 26.5. The van der Waals surface area contributed by atoms with Gasteiger partial charge < -0.3 is 20.1 Å². The number of carbonyl (C=O) groups excluding carboxylic acids is 1. The molecule has 1 amide bonds. The summed E-state index contributed by atoms with van der Waals surface area (Å²) in [6, 6.07) is 26.2. The number of benzene rings is 4. The third-order valence-corrected chi connectivity index (χ3v) is 7.58. The van der Waals surface area contributed by atoms with Crippen molar-refractivity contribution in [1.82, 2.24) is 5.32 Å². The lowest BCUT2D eigenvalue weighted by atomic mass is 10.1. The lowest BCUT2D eigenvalue weighted by Gasteiger charge is -2.15. The van der Waals surface area contributed by atoms with Gasteiger partial charge in [0.15, 0.2) is 17.0 Å². The number of carbonyl (C=O) groups is 1. The number of amides is 1. The van der Waals surface area contributed by atoms with Gasteiger partial charge in [-0.15, -0.1) is 0 Å². The Hall–Kier alpha value is -3.61. The van der Waals surface area contributed by atoms with Gasteiger partial charge >= 0.3 is 0 Å². The highest BCUT2D eigenvalue weighted by Crippen LogP contribution is 2.39. The highest BCUT2D eigenvalue weighted by molar-refractivity contribution is 8.05. The van der Waals surface area contributed by atoms with Crippen LogP contribution in [0.25, 0.3) is 16.8 Å². The van der Waals surface area contributed by atoms with Crippen LogP contribution in [0.3, 0.4) is 0 Å². The summed E-state index contributed by atoms with van der Waals surface area (Å²) >= 11 is 8.11. The van der Waals surface area contributed by atoms with Gasteiger partial charge in [-0.3, -0.25) is 4.79 Å². The Bertz CT molecular complexity index is 1480. The standard InChI is InChI=1S/C31H29ClN2O3S/c1-3-20-12-14-24(15-13-20)33-31-34-30(35)28(38-31)18-21-16-26(32)29(27(17-21)36-4-2)37-19-23-10-7-9-22-8-5-6-11-25(22)23/h5-18,31,33H,3-4,19H2,1-2H3,(H,34,35)/b28-18-/t31-/m0/s1. The molecule has 5 rings (SSSR count). The Labute approximate surface area is 232 Å². The summed E-state index contributed by atoms with van der Waals surface area (Å²) in [6.07, 6.45) is 2.81. The Balaban J connectivity index is 1.33. The van der Waals surface area contributed by atoms with Crippen LogP contribution in [0.5, 0.6) is 11.5 Å². The van der Waals surface area contributed by atoms with Crippen LogP contribution in [-0.2, 0) is 17.8 Å². The number of halogens is 1. The van der Waals surface area contributed by atoms with E-state index in [0.29, 0.717) is 34.6 Å². The second-order valence-corrected chi connectivity index (χ2v) is 10.4. The summed E-state index contributed by atoms with van der Waals surface area (Å²) < 4.78 is 12.1. The van der Waals surface area contributed by atoms with E-state index in [4.69, 9.17) is 21.1 Å². The fraction of sp³-hybridized carbons (Fsp3) is 0.194. The first kappa shape index (κ1) is 26.0. The number of fused-ring (bicyclic) bond motifs is 1. The Kier molecular flexibility index (Phi) is 8.11. The van der Waals surface area contributed by atoms with Crippen LogP contribution in [0, 0.1) is 0 Å². The zero-order valence-corrected chi connectivity index (χ0v) is 22.9. The third-order valence-electron chi connectivity index (χ3n) is 6.27. The number of hydrogen-bond acceptors (Lipinski definition) is 5. The Morgan fingerprint density at radius 1 is 1.00 bits per heavy atom. The molecule has 194 valence electrons. The van der Waals surface area contributed by atoms with E-state index in [1.54, 1.807) is 6.07 Å². The van der Waals surface area contributed by atoms with Crippen molar-refractivity contribution >= 4 is 51.8 Å². The van der Waals surface area contributed by atoms with Crippen molar-refractivity contribution in [3.8, 4) is 11.5 Å². The fourth-order valence-electron chi connectivity index (χ4n) is 4.35. The van der Waals surface area contributed by atoms with Gasteiger partial charge in [0.1, 0.15) is 6.61 Å². The molecule has 1 aliphatic heterocycles. The molecule has 4 aromatic carbocycles. The van der Waals surface area contributed by atoms with Gasteiger partial charge in [-0.25, -0.2) is 0 Å². The van der Waals surface area contributed by atoms with E-state index in [-0.39, 0.29) is 11.4 Å². The van der Waals surface area contributed by atoms with Gasteiger partial charge in [-0.05, 0) is 71.1 Å². The molecule has 1 heterocycles. The van der Waals surface area contributed by atoms with Crippen molar-refractivity contribution in [2.45, 2.75) is 32.4 Å². The largest absolute Gasteiger partial charge is 0.490 e. The minimum absolute atomic E-state index is 0.136. The van der Waals surface area contributed by atoms with E-state index in [2.05, 4.69) is 47.9 Å². The first-order valence-electron chi connectivity index (χ1n) is 12.6. The molecule has 0 saturated carbocycles. The maximum absolute atomic E-state index is 12.7. The van der Waals surface area contributed by atoms with Crippen LogP contribution >= 0.6 is 23.4 Å². The fourth-order valence-corrected chi connectivity index (χ4v) is 5.61. The lowest BCUT2D eigenvalue weighted by molar-refractivity contribution is -0.116. The molecule has 1 aliphatic rings. The van der Waals surface area contributed by atoms with Gasteiger partial charge in [-0.1, -0.05) is 84.9 Å². The SMILES string of the molecule is CCOc1cc(/C=C2\S[C@@H](Nc3ccc(CC)cc3)NC2=O)cc(Cl)c1OCc1cccc2ccccc12. The number of aryl methyl sites for hydroxylation is 1. The number of thioether (sulfide) groups is 1. The molecule has 38 heavy (non-hydrogen) atoms. The molecular weight excluding hydrogens is 516 g/mol. The molecule has 0 aliphatic carbocycles. The van der Waals surface area contributed by atoms with Crippen LogP contribution in [0.4, 0.5) is 5.69 Å². The van der Waals surface area contributed by atoms with E-state index < -0.39 is 0 Å². The molecule has 5 nitrogen and oxygen atoms in total. The predicted octanol–water partition coefficient (Wildman–Crippen LogP) is 7.63. The van der Waals surface area contributed by atoms with Gasteiger partial charge in [-0.2, -0.15) is 0 Å². The van der Waals surface area contributed by atoms with Crippen molar-refractivity contribution in [1.29, 1.82) is 0 Å². The first-order valence-corrected chi connectivity index (χ1v) is 13.9. The van der Waals surface area contributed by atoms with Gasteiger partial charge in [0.2, 0.25) is 0 Å². The van der Waals surface area contributed by atoms with Crippen LogP contribution < -0.4 is 20.1 Å². The number of hydrogen-bond donors (Lipinski definition) is 2. The minimum Gasteiger partial charge on any atom is -0.490 e. The van der Waals surface area contributed by atoms with Crippen molar-refractivity contribution < 1.29 is 14.3 Å². The van der Waals surface area contributed by atoms with Crippen LogP contribution in [0.2, 0.25) is 5.02 Å². The number of rotatable bonds is 9. The lowest BCUT2D eigenvalue weighted by Crippen LogP contribution is -2.30. The monoisotopic (exact) mass is 544 g/mol. The maximum Gasteiger partial charge on any atom is 0.260 e. The Morgan fingerprint density at radius 3 is 2.58 bits per heavy atom. The summed E-state index contributed by atoms with van der Waals surface area (Å²) in [7, 11) is 0. The molecule has 0 unspecified atom stereocenters. The molecule has 4 aromatic rings. The van der Waals surface area contributed by atoms with E-state index in [1.807, 2.05) is 55.5 Å². The molecule has 0 aromatic heterocycles. The second kappa shape index (κ2) is 11.8. The summed E-state index contributed by atoms with van der Waals surface area (Å²) in [4.78, 5) is 13.3. The molecule has 0 spiro atoms. The number of nitrogens with one attached hydrogen (secondary N) is 2. The van der Waals surface area contributed by atoms with Gasteiger partial charge in [0, 0.05) is 5.69 Å². The predicted molar refractivity (Wildman–Crippen MR) is 158 cm³/mol. The van der Waals surface area contributed by atoms with Crippen molar-refractivity contribution in [3.05, 3.63) is 105 Å². The quantitative estimate of drug-likeness (QED) is 0.212. The highest BCUT2D eigenvalue weighted by atomic mass is 35.5. The molecule has 1 saturated heterocycles. The van der Waals surface area contributed by atoms with Crippen LogP contribution in [0.1, 0.15) is 30.5 Å². The average molecular weight is 545 g/mol. The normalized spacial score (nSPS) is 16.0. The van der Waals surface area contributed by atoms with Crippen LogP contribution in [0.15, 0.2) is 83.8 Å². The smallest absolute Gasteiger partial charge is 0.260 e. The third kappa shape index (κ3) is 5.93. The summed E-state index contributed by atoms with van der Waals surface area (Å²) in [5, 5.41) is 9.05. The van der Waals surface area contributed by atoms with Crippen LogP contribution in [-0.4, -0.2) is 18.0 Å². The molecule has 0 radical (unpaired) electrons. The molecule has 1 fully saturated rings. The maximum atomic E-state index is 12.7. The second-order valence-electron chi connectivity index (χ2n) is 8.86.